The minimum atomic E-state index is -0.102. The Hall–Kier alpha value is -2.02. The second kappa shape index (κ2) is 7.31. The van der Waals surface area contributed by atoms with E-state index in [4.69, 9.17) is 0 Å². The van der Waals surface area contributed by atoms with Gasteiger partial charge in [0.2, 0.25) is 0 Å². The summed E-state index contributed by atoms with van der Waals surface area (Å²) in [6.07, 6.45) is -0.0396. The first-order valence-corrected chi connectivity index (χ1v) is 9.98. The molecule has 0 aliphatic carbocycles. The van der Waals surface area contributed by atoms with Crippen molar-refractivity contribution in [1.82, 2.24) is 21.1 Å². The molecule has 0 saturated carbocycles. The van der Waals surface area contributed by atoms with Gasteiger partial charge in [-0.25, -0.2) is 15.2 Å². The van der Waals surface area contributed by atoms with E-state index in [2.05, 4.69) is 60.2 Å². The number of rotatable bonds is 4. The predicted octanol–water partition coefficient (Wildman–Crippen LogP) is 3.06. The van der Waals surface area contributed by atoms with Crippen LogP contribution in [-0.4, -0.2) is 29.2 Å². The fourth-order valence-corrected chi connectivity index (χ4v) is 4.65. The highest BCUT2D eigenvalue weighted by Gasteiger charge is 2.43. The molecule has 6 heteroatoms. The number of urea groups is 1. The number of carbonyl (C=O) groups is 1. The van der Waals surface area contributed by atoms with Crippen LogP contribution in [0.2, 0.25) is 0 Å². The minimum Gasteiger partial charge on any atom is -0.312 e. The maximum Gasteiger partial charge on any atom is 0.335 e. The lowest BCUT2D eigenvalue weighted by atomic mass is 9.97. The molecule has 5 nitrogen and oxygen atoms in total. The van der Waals surface area contributed by atoms with Gasteiger partial charge in [0.15, 0.2) is 0 Å². The van der Waals surface area contributed by atoms with Crippen molar-refractivity contribution in [1.29, 1.82) is 0 Å². The SMILES string of the molecule is Cc1ccc(C)c(CSC2NC(=O)N3NCC(c4ccccc4)C3N2)c1. The molecule has 0 radical (unpaired) electrons. The van der Waals surface area contributed by atoms with Crippen molar-refractivity contribution in [3.05, 3.63) is 70.8 Å². The number of amides is 2. The number of hydrazine groups is 1. The van der Waals surface area contributed by atoms with Gasteiger partial charge in [0.05, 0.1) is 0 Å². The predicted molar refractivity (Wildman–Crippen MR) is 105 cm³/mol. The zero-order chi connectivity index (χ0) is 18.1. The topological polar surface area (TPSA) is 56.4 Å². The van der Waals surface area contributed by atoms with Crippen LogP contribution >= 0.6 is 11.8 Å². The molecule has 0 aromatic heterocycles. The number of aryl methyl sites for hydroxylation is 2. The van der Waals surface area contributed by atoms with Crippen LogP contribution in [-0.2, 0) is 5.75 Å². The third-order valence-corrected chi connectivity index (χ3v) is 6.14. The summed E-state index contributed by atoms with van der Waals surface area (Å²) in [5.41, 5.74) is 8.23. The lowest BCUT2D eigenvalue weighted by molar-refractivity contribution is 0.128. The molecule has 2 aromatic carbocycles. The molecule has 2 saturated heterocycles. The molecule has 0 bridgehead atoms. The van der Waals surface area contributed by atoms with Gasteiger partial charge >= 0.3 is 6.03 Å². The smallest absolute Gasteiger partial charge is 0.312 e. The normalized spacial score (nSPS) is 25.1. The zero-order valence-corrected chi connectivity index (χ0v) is 15.8. The van der Waals surface area contributed by atoms with E-state index in [-0.39, 0.29) is 23.6 Å². The molecule has 3 atom stereocenters. The number of thioether (sulfide) groups is 1. The van der Waals surface area contributed by atoms with Crippen LogP contribution < -0.4 is 16.1 Å². The average Bonchev–Trinajstić information content (AvgIpc) is 3.08. The monoisotopic (exact) mass is 368 g/mol. The summed E-state index contributed by atoms with van der Waals surface area (Å²) in [5, 5.41) is 8.32. The summed E-state index contributed by atoms with van der Waals surface area (Å²) >= 11 is 1.73. The summed E-state index contributed by atoms with van der Waals surface area (Å²) in [7, 11) is 0. The lowest BCUT2D eigenvalue weighted by Gasteiger charge is -2.37. The minimum absolute atomic E-state index is 0.0396. The molecule has 0 spiro atoms. The standard InChI is InChI=1S/C20H24N4OS/c1-13-8-9-14(2)16(10-13)12-26-19-22-18-17(15-6-4-3-5-7-15)11-21-24(18)20(25)23-19/h3-10,17-19,21-22H,11-12H2,1-2H3,(H,23,25). The molecule has 26 heavy (non-hydrogen) atoms. The maximum absolute atomic E-state index is 12.5. The number of benzene rings is 2. The van der Waals surface area contributed by atoms with Crippen molar-refractivity contribution in [3.8, 4) is 0 Å². The highest BCUT2D eigenvalue weighted by Crippen LogP contribution is 2.30. The van der Waals surface area contributed by atoms with Gasteiger partial charge in [0.25, 0.3) is 0 Å². The molecule has 3 unspecified atom stereocenters. The highest BCUT2D eigenvalue weighted by atomic mass is 32.2. The maximum atomic E-state index is 12.5. The molecule has 2 aliphatic heterocycles. The molecule has 2 aromatic rings. The summed E-state index contributed by atoms with van der Waals surface area (Å²) in [5.74, 6) is 1.10. The van der Waals surface area contributed by atoms with Crippen molar-refractivity contribution in [3.63, 3.8) is 0 Å². The number of carbonyl (C=O) groups excluding carboxylic acids is 1. The van der Waals surface area contributed by atoms with E-state index >= 15 is 0 Å². The van der Waals surface area contributed by atoms with Gasteiger partial charge in [-0.1, -0.05) is 54.1 Å². The Morgan fingerprint density at radius 1 is 1.15 bits per heavy atom. The van der Waals surface area contributed by atoms with Crippen LogP contribution in [0, 0.1) is 13.8 Å². The first kappa shape index (κ1) is 17.4. The number of hydrogen-bond acceptors (Lipinski definition) is 4. The Kier molecular flexibility index (Phi) is 4.89. The molecule has 2 fully saturated rings. The Labute approximate surface area is 158 Å². The molecular weight excluding hydrogens is 344 g/mol. The Bertz CT molecular complexity index is 798. The van der Waals surface area contributed by atoms with Crippen molar-refractivity contribution < 1.29 is 4.79 Å². The summed E-state index contributed by atoms with van der Waals surface area (Å²) in [6.45, 7) is 5.00. The first-order chi connectivity index (χ1) is 12.6. The molecule has 3 N–H and O–H groups in total. The summed E-state index contributed by atoms with van der Waals surface area (Å²) in [6, 6.07) is 16.8. The number of nitrogens with one attached hydrogen (secondary N) is 3. The van der Waals surface area contributed by atoms with Gasteiger partial charge in [-0.15, -0.1) is 11.8 Å². The van der Waals surface area contributed by atoms with Crippen LogP contribution in [0.4, 0.5) is 4.79 Å². The van der Waals surface area contributed by atoms with E-state index in [9.17, 15) is 4.79 Å². The first-order valence-electron chi connectivity index (χ1n) is 8.94. The fourth-order valence-electron chi connectivity index (χ4n) is 3.57. The second-order valence-corrected chi connectivity index (χ2v) is 8.02. The lowest BCUT2D eigenvalue weighted by Crippen LogP contribution is -2.65. The van der Waals surface area contributed by atoms with Crippen LogP contribution in [0.25, 0.3) is 0 Å². The zero-order valence-electron chi connectivity index (χ0n) is 15.0. The van der Waals surface area contributed by atoms with Gasteiger partial charge in [-0.3, -0.25) is 5.32 Å². The Morgan fingerprint density at radius 2 is 1.96 bits per heavy atom. The molecular formula is C20H24N4OS. The molecule has 136 valence electrons. The van der Waals surface area contributed by atoms with Crippen molar-refractivity contribution >= 4 is 17.8 Å². The third kappa shape index (κ3) is 3.45. The Morgan fingerprint density at radius 3 is 2.77 bits per heavy atom. The largest absolute Gasteiger partial charge is 0.335 e. The summed E-state index contributed by atoms with van der Waals surface area (Å²) < 4.78 is 0. The van der Waals surface area contributed by atoms with Crippen LogP contribution in [0.3, 0.4) is 0 Å². The van der Waals surface area contributed by atoms with Crippen molar-refractivity contribution in [2.45, 2.75) is 37.2 Å². The fraction of sp³-hybridized carbons (Fsp3) is 0.350. The Balaban J connectivity index is 1.46. The van der Waals surface area contributed by atoms with Gasteiger partial charge in [0.1, 0.15) is 11.7 Å². The van der Waals surface area contributed by atoms with Crippen LogP contribution in [0.15, 0.2) is 48.5 Å². The van der Waals surface area contributed by atoms with Gasteiger partial charge in [-0.2, -0.15) is 0 Å². The van der Waals surface area contributed by atoms with E-state index in [0.29, 0.717) is 0 Å². The molecule has 4 rings (SSSR count). The quantitative estimate of drug-likeness (QED) is 0.776. The van der Waals surface area contributed by atoms with E-state index in [1.165, 1.54) is 22.3 Å². The van der Waals surface area contributed by atoms with Gasteiger partial charge < -0.3 is 5.32 Å². The van der Waals surface area contributed by atoms with E-state index in [1.54, 1.807) is 16.8 Å². The van der Waals surface area contributed by atoms with Crippen LogP contribution in [0.1, 0.15) is 28.2 Å². The number of nitrogens with zero attached hydrogens (tertiary/aromatic N) is 1. The van der Waals surface area contributed by atoms with Crippen molar-refractivity contribution in [2.75, 3.05) is 6.54 Å². The number of hydrogen-bond donors (Lipinski definition) is 3. The molecule has 2 amide bonds. The van der Waals surface area contributed by atoms with E-state index in [1.807, 2.05) is 18.2 Å². The van der Waals surface area contributed by atoms with Gasteiger partial charge in [-0.05, 0) is 30.5 Å². The van der Waals surface area contributed by atoms with Crippen molar-refractivity contribution in [2.24, 2.45) is 0 Å². The average molecular weight is 369 g/mol. The second-order valence-electron chi connectivity index (χ2n) is 6.93. The molecule has 2 aliphatic rings. The summed E-state index contributed by atoms with van der Waals surface area (Å²) in [4.78, 5) is 12.5. The van der Waals surface area contributed by atoms with E-state index in [0.717, 1.165) is 12.3 Å². The number of fused-ring (bicyclic) bond motifs is 1. The van der Waals surface area contributed by atoms with E-state index < -0.39 is 0 Å². The van der Waals surface area contributed by atoms with Gasteiger partial charge in [0, 0.05) is 18.2 Å². The third-order valence-electron chi connectivity index (χ3n) is 5.07. The van der Waals surface area contributed by atoms with Crippen LogP contribution in [0.5, 0.6) is 0 Å². The highest BCUT2D eigenvalue weighted by molar-refractivity contribution is 7.99. The molecule has 2 heterocycles.